The van der Waals surface area contributed by atoms with E-state index in [0.717, 1.165) is 0 Å². The number of aliphatic hydroxyl groups is 7. The summed E-state index contributed by atoms with van der Waals surface area (Å²) in [5.74, 6) is -0.831. The normalized spacial score (nSPS) is 48.3. The third-order valence-corrected chi connectivity index (χ3v) is 7.36. The standard InChI is InChI=1S/C22H40O13/c1-8-10(3)31-19(11(26)5-23)18(8)34-21-9(2)17(14(27)12(6-24)32-21)33-22-16(29)15(28)20(35-22)13(7-25)30-4/h8-29H,5-7H2,1-4H3/t8-,9?,10-,11-,12?,13-,14-,15?,16+,17-,18?,19+,20+,21+,22-/m1/s1. The van der Waals surface area contributed by atoms with Crippen molar-refractivity contribution >= 4 is 0 Å². The van der Waals surface area contributed by atoms with Crippen LogP contribution in [0.2, 0.25) is 0 Å². The van der Waals surface area contributed by atoms with E-state index < -0.39 is 99.4 Å². The van der Waals surface area contributed by atoms with Gasteiger partial charge in [-0.3, -0.25) is 0 Å². The third-order valence-electron chi connectivity index (χ3n) is 7.36. The Hall–Kier alpha value is -0.520. The summed E-state index contributed by atoms with van der Waals surface area (Å²) in [4.78, 5) is 0. The quantitative estimate of drug-likeness (QED) is 0.154. The lowest BCUT2D eigenvalue weighted by Crippen LogP contribution is -2.59. The van der Waals surface area contributed by atoms with E-state index in [1.54, 1.807) is 6.92 Å². The van der Waals surface area contributed by atoms with Crippen molar-refractivity contribution in [3.8, 4) is 0 Å². The molecule has 0 aromatic rings. The van der Waals surface area contributed by atoms with E-state index in [4.69, 9.17) is 28.4 Å². The summed E-state index contributed by atoms with van der Waals surface area (Å²) in [7, 11) is 1.32. The molecule has 3 heterocycles. The van der Waals surface area contributed by atoms with Gasteiger partial charge in [0.05, 0.1) is 38.1 Å². The summed E-state index contributed by atoms with van der Waals surface area (Å²) in [5.41, 5.74) is 0. The van der Waals surface area contributed by atoms with Crippen molar-refractivity contribution in [2.45, 2.75) is 100 Å². The molecule has 3 aliphatic rings. The maximum Gasteiger partial charge on any atom is 0.187 e. The first kappa shape index (κ1) is 29.0. The van der Waals surface area contributed by atoms with Gasteiger partial charge in [-0.15, -0.1) is 0 Å². The number of hydrogen-bond acceptors (Lipinski definition) is 13. The molecule has 0 bridgehead atoms. The van der Waals surface area contributed by atoms with Crippen LogP contribution in [0.1, 0.15) is 20.8 Å². The van der Waals surface area contributed by atoms with Gasteiger partial charge in [-0.05, 0) is 6.92 Å². The molecule has 0 aromatic heterocycles. The van der Waals surface area contributed by atoms with Crippen molar-refractivity contribution < 1.29 is 64.2 Å². The summed E-state index contributed by atoms with van der Waals surface area (Å²) in [6, 6.07) is 0. The highest BCUT2D eigenvalue weighted by atomic mass is 16.7. The van der Waals surface area contributed by atoms with Crippen LogP contribution in [0.25, 0.3) is 0 Å². The van der Waals surface area contributed by atoms with Crippen LogP contribution < -0.4 is 0 Å². The smallest absolute Gasteiger partial charge is 0.187 e. The number of ether oxygens (including phenoxy) is 6. The maximum absolute atomic E-state index is 10.8. The molecule has 13 heteroatoms. The van der Waals surface area contributed by atoms with Crippen LogP contribution >= 0.6 is 0 Å². The minimum Gasteiger partial charge on any atom is -0.394 e. The largest absolute Gasteiger partial charge is 0.394 e. The molecule has 3 aliphatic heterocycles. The van der Waals surface area contributed by atoms with E-state index in [-0.39, 0.29) is 12.0 Å². The van der Waals surface area contributed by atoms with Gasteiger partial charge in [0.2, 0.25) is 0 Å². The van der Waals surface area contributed by atoms with Crippen LogP contribution in [0.5, 0.6) is 0 Å². The van der Waals surface area contributed by atoms with E-state index in [1.807, 2.05) is 13.8 Å². The van der Waals surface area contributed by atoms with E-state index in [1.165, 1.54) is 7.11 Å². The van der Waals surface area contributed by atoms with Crippen LogP contribution in [0, 0.1) is 11.8 Å². The van der Waals surface area contributed by atoms with E-state index in [9.17, 15) is 35.7 Å². The van der Waals surface area contributed by atoms with Crippen LogP contribution in [0.4, 0.5) is 0 Å². The summed E-state index contributed by atoms with van der Waals surface area (Å²) >= 11 is 0. The molecular formula is C22H40O13. The maximum atomic E-state index is 10.8. The summed E-state index contributed by atoms with van der Waals surface area (Å²) in [5, 5.41) is 70.5. The van der Waals surface area contributed by atoms with Gasteiger partial charge in [-0.1, -0.05) is 13.8 Å². The Labute approximate surface area is 204 Å². The zero-order valence-electron chi connectivity index (χ0n) is 20.4. The molecule has 0 amide bonds. The molecule has 206 valence electrons. The number of aliphatic hydroxyl groups excluding tert-OH is 7. The molecule has 3 fully saturated rings. The average Bonchev–Trinajstić information content (AvgIpc) is 3.29. The van der Waals surface area contributed by atoms with E-state index in [2.05, 4.69) is 0 Å². The Bertz CT molecular complexity index is 651. The van der Waals surface area contributed by atoms with Gasteiger partial charge in [0, 0.05) is 18.9 Å². The number of rotatable bonds is 10. The molecule has 13 nitrogen and oxygen atoms in total. The van der Waals surface area contributed by atoms with Gasteiger partial charge in [0.1, 0.15) is 48.8 Å². The minimum atomic E-state index is -1.49. The van der Waals surface area contributed by atoms with Crippen molar-refractivity contribution in [1.82, 2.24) is 0 Å². The fourth-order valence-corrected chi connectivity index (χ4v) is 4.91. The predicted octanol–water partition coefficient (Wildman–Crippen LogP) is -3.30. The fourth-order valence-electron chi connectivity index (χ4n) is 4.91. The summed E-state index contributed by atoms with van der Waals surface area (Å²) in [6.45, 7) is 3.83. The molecule has 3 rings (SSSR count). The second kappa shape index (κ2) is 12.3. The highest BCUT2D eigenvalue weighted by molar-refractivity contribution is 4.96. The van der Waals surface area contributed by atoms with E-state index in [0.29, 0.717) is 0 Å². The first-order chi connectivity index (χ1) is 16.6. The van der Waals surface area contributed by atoms with Crippen LogP contribution in [-0.4, -0.2) is 142 Å². The molecule has 0 aromatic carbocycles. The van der Waals surface area contributed by atoms with Gasteiger partial charge in [-0.2, -0.15) is 0 Å². The molecule has 0 aliphatic carbocycles. The van der Waals surface area contributed by atoms with Crippen molar-refractivity contribution in [3.05, 3.63) is 0 Å². The van der Waals surface area contributed by atoms with Gasteiger partial charge >= 0.3 is 0 Å². The van der Waals surface area contributed by atoms with Crippen LogP contribution in [0.3, 0.4) is 0 Å². The fraction of sp³-hybridized carbons (Fsp3) is 1.00. The summed E-state index contributed by atoms with van der Waals surface area (Å²) in [6.07, 6.45) is -13.7. The molecule has 4 unspecified atom stereocenters. The molecule has 0 radical (unpaired) electrons. The second-order valence-electron chi connectivity index (χ2n) is 9.60. The molecule has 35 heavy (non-hydrogen) atoms. The van der Waals surface area contributed by atoms with Gasteiger partial charge in [0.25, 0.3) is 0 Å². The van der Waals surface area contributed by atoms with Crippen LogP contribution in [0.15, 0.2) is 0 Å². The van der Waals surface area contributed by atoms with Crippen molar-refractivity contribution in [2.24, 2.45) is 11.8 Å². The zero-order chi connectivity index (χ0) is 26.0. The lowest BCUT2D eigenvalue weighted by molar-refractivity contribution is -0.328. The Morgan fingerprint density at radius 1 is 0.743 bits per heavy atom. The highest BCUT2D eigenvalue weighted by Crippen LogP contribution is 2.38. The third kappa shape index (κ3) is 5.82. The average molecular weight is 513 g/mol. The van der Waals surface area contributed by atoms with Crippen molar-refractivity contribution in [1.29, 1.82) is 0 Å². The first-order valence-electron chi connectivity index (χ1n) is 11.9. The zero-order valence-corrected chi connectivity index (χ0v) is 20.4. The molecule has 0 spiro atoms. The Kier molecular flexibility index (Phi) is 10.2. The van der Waals surface area contributed by atoms with E-state index >= 15 is 0 Å². The molecule has 3 saturated heterocycles. The monoisotopic (exact) mass is 512 g/mol. The first-order valence-corrected chi connectivity index (χ1v) is 11.9. The predicted molar refractivity (Wildman–Crippen MR) is 116 cm³/mol. The summed E-state index contributed by atoms with van der Waals surface area (Å²) < 4.78 is 34.3. The number of hydrogen-bond donors (Lipinski definition) is 7. The molecular weight excluding hydrogens is 472 g/mol. The Morgan fingerprint density at radius 3 is 1.97 bits per heavy atom. The topological polar surface area (TPSA) is 197 Å². The lowest BCUT2D eigenvalue weighted by atomic mass is 9.91. The Balaban J connectivity index is 1.76. The molecule has 0 saturated carbocycles. The highest BCUT2D eigenvalue weighted by Gasteiger charge is 2.53. The minimum absolute atomic E-state index is 0.170. The number of methoxy groups -OCH3 is 1. The van der Waals surface area contributed by atoms with Gasteiger partial charge in [0.15, 0.2) is 12.6 Å². The SMILES string of the molecule is CO[C@H](CO)[C@@H]1O[C@@H](O[C@@H]2C(C)[C@H](OC3[C@H]([C@H](O)CO)O[C@H](C)[C@H]3C)OC(CO)[C@H]2O)[C@@H](O)C1O. The second-order valence-corrected chi connectivity index (χ2v) is 9.60. The molecule has 7 N–H and O–H groups in total. The van der Waals surface area contributed by atoms with Crippen LogP contribution in [-0.2, 0) is 28.4 Å². The van der Waals surface area contributed by atoms with Crippen molar-refractivity contribution in [3.63, 3.8) is 0 Å². The molecule has 15 atom stereocenters. The lowest BCUT2D eigenvalue weighted by Gasteiger charge is -2.45. The van der Waals surface area contributed by atoms with Gasteiger partial charge in [-0.25, -0.2) is 0 Å². The van der Waals surface area contributed by atoms with Gasteiger partial charge < -0.3 is 64.2 Å². The van der Waals surface area contributed by atoms with Crippen molar-refractivity contribution in [2.75, 3.05) is 26.9 Å². The Morgan fingerprint density at radius 2 is 1.40 bits per heavy atom.